The van der Waals surface area contributed by atoms with E-state index < -0.39 is 5.92 Å². The SMILES string of the molecule is COc1c(I)cc(I)cc1[C@H]1C(C#N)=C(N)N(C)C2=C1C(=O)CCC2. The van der Waals surface area contributed by atoms with Gasteiger partial charge in [0.25, 0.3) is 0 Å². The van der Waals surface area contributed by atoms with Gasteiger partial charge in [0.15, 0.2) is 5.78 Å². The van der Waals surface area contributed by atoms with Gasteiger partial charge < -0.3 is 15.4 Å². The molecule has 1 aromatic carbocycles. The lowest BCUT2D eigenvalue weighted by Crippen LogP contribution is -2.36. The number of allylic oxidation sites excluding steroid dienone is 3. The number of methoxy groups -OCH3 is 1. The summed E-state index contributed by atoms with van der Waals surface area (Å²) in [6, 6.07) is 6.23. The molecule has 25 heavy (non-hydrogen) atoms. The number of nitriles is 1. The first-order valence-corrected chi connectivity index (χ1v) is 9.99. The second kappa shape index (κ2) is 7.15. The van der Waals surface area contributed by atoms with Crippen LogP contribution in [0.5, 0.6) is 5.75 Å². The number of benzene rings is 1. The van der Waals surface area contributed by atoms with Crippen LogP contribution in [0.4, 0.5) is 0 Å². The summed E-state index contributed by atoms with van der Waals surface area (Å²) in [5, 5.41) is 9.80. The van der Waals surface area contributed by atoms with Crippen molar-refractivity contribution in [3.05, 3.63) is 47.5 Å². The van der Waals surface area contributed by atoms with Gasteiger partial charge in [0, 0.05) is 33.9 Å². The molecule has 1 atom stereocenters. The first kappa shape index (κ1) is 18.5. The van der Waals surface area contributed by atoms with Gasteiger partial charge in [-0.2, -0.15) is 5.26 Å². The van der Waals surface area contributed by atoms with E-state index in [4.69, 9.17) is 10.5 Å². The van der Waals surface area contributed by atoms with Gasteiger partial charge >= 0.3 is 0 Å². The number of halogens is 2. The molecule has 2 N–H and O–H groups in total. The zero-order chi connectivity index (χ0) is 18.3. The highest BCUT2D eigenvalue weighted by Crippen LogP contribution is 2.47. The lowest BCUT2D eigenvalue weighted by atomic mass is 9.75. The zero-order valence-electron chi connectivity index (χ0n) is 13.9. The average Bonchev–Trinajstić information content (AvgIpc) is 2.57. The Bertz CT molecular complexity index is 868. The molecule has 0 unspecified atom stereocenters. The van der Waals surface area contributed by atoms with E-state index in [0.717, 1.165) is 31.2 Å². The van der Waals surface area contributed by atoms with Crippen LogP contribution in [0.25, 0.3) is 0 Å². The molecule has 0 spiro atoms. The number of ether oxygens (including phenoxy) is 1. The Hall–Kier alpha value is -1.28. The lowest BCUT2D eigenvalue weighted by Gasteiger charge is -2.38. The predicted molar refractivity (Wildman–Crippen MR) is 112 cm³/mol. The molecule has 0 amide bonds. The van der Waals surface area contributed by atoms with Crippen molar-refractivity contribution >= 4 is 51.0 Å². The molecule has 0 bridgehead atoms. The predicted octanol–water partition coefficient (Wildman–Crippen LogP) is 3.63. The van der Waals surface area contributed by atoms with E-state index >= 15 is 0 Å². The molecule has 1 aliphatic carbocycles. The Kier molecular flexibility index (Phi) is 5.29. The zero-order valence-corrected chi connectivity index (χ0v) is 18.2. The fraction of sp³-hybridized carbons (Fsp3) is 0.333. The summed E-state index contributed by atoms with van der Waals surface area (Å²) in [7, 11) is 3.44. The Balaban J connectivity index is 2.34. The molecular formula is C18H17I2N3O2. The van der Waals surface area contributed by atoms with Crippen LogP contribution in [0, 0.1) is 18.5 Å². The minimum atomic E-state index is -0.470. The van der Waals surface area contributed by atoms with E-state index in [1.54, 1.807) is 12.0 Å². The monoisotopic (exact) mass is 561 g/mol. The Morgan fingerprint density at radius 1 is 1.36 bits per heavy atom. The molecule has 7 heteroatoms. The first-order chi connectivity index (χ1) is 11.9. The summed E-state index contributed by atoms with van der Waals surface area (Å²) in [5.74, 6) is 0.731. The quantitative estimate of drug-likeness (QED) is 0.559. The van der Waals surface area contributed by atoms with Gasteiger partial charge in [-0.25, -0.2) is 0 Å². The molecule has 0 fully saturated rings. The molecule has 1 aromatic rings. The van der Waals surface area contributed by atoms with Crippen molar-refractivity contribution in [1.29, 1.82) is 5.26 Å². The van der Waals surface area contributed by atoms with Gasteiger partial charge in [0.05, 0.1) is 28.2 Å². The van der Waals surface area contributed by atoms with Crippen LogP contribution in [0.1, 0.15) is 30.7 Å². The van der Waals surface area contributed by atoms with Crippen LogP contribution in [0.2, 0.25) is 0 Å². The number of Topliss-reactive ketones (excluding diaryl/α,β-unsaturated/α-hetero) is 1. The van der Waals surface area contributed by atoms with E-state index in [-0.39, 0.29) is 5.78 Å². The van der Waals surface area contributed by atoms with E-state index in [2.05, 4.69) is 51.3 Å². The molecule has 130 valence electrons. The molecule has 0 aromatic heterocycles. The fourth-order valence-electron chi connectivity index (χ4n) is 3.58. The molecule has 1 heterocycles. The minimum absolute atomic E-state index is 0.0919. The maximum absolute atomic E-state index is 12.8. The van der Waals surface area contributed by atoms with Crippen LogP contribution in [0.15, 0.2) is 34.8 Å². The number of rotatable bonds is 2. The highest BCUT2D eigenvalue weighted by atomic mass is 127. The van der Waals surface area contributed by atoms with Gasteiger partial charge in [-0.05, 0) is 70.2 Å². The van der Waals surface area contributed by atoms with Crippen LogP contribution in [0.3, 0.4) is 0 Å². The third-order valence-electron chi connectivity index (χ3n) is 4.72. The smallest absolute Gasteiger partial charge is 0.161 e. The number of hydrogen-bond donors (Lipinski definition) is 1. The summed E-state index contributed by atoms with van der Waals surface area (Å²) >= 11 is 4.46. The van der Waals surface area contributed by atoms with Crippen molar-refractivity contribution in [3.8, 4) is 11.8 Å². The summed E-state index contributed by atoms with van der Waals surface area (Å²) in [5.41, 5.74) is 9.13. The standard InChI is InChI=1S/C18H17I2N3O2/c1-23-13-4-3-5-14(24)16(13)15(11(8-21)18(23)22)10-6-9(19)7-12(20)17(10)25-2/h6-7,15H,3-5,22H2,1-2H3/t15-/m0/s1. The van der Waals surface area contributed by atoms with Crippen molar-refractivity contribution in [2.75, 3.05) is 14.2 Å². The van der Waals surface area contributed by atoms with E-state index in [1.165, 1.54) is 0 Å². The third kappa shape index (κ3) is 3.03. The molecule has 0 saturated carbocycles. The van der Waals surface area contributed by atoms with Crippen molar-refractivity contribution < 1.29 is 9.53 Å². The average molecular weight is 561 g/mol. The molecule has 3 rings (SSSR count). The normalized spacial score (nSPS) is 20.5. The van der Waals surface area contributed by atoms with Crippen LogP contribution in [-0.2, 0) is 4.79 Å². The fourth-order valence-corrected chi connectivity index (χ4v) is 5.69. The minimum Gasteiger partial charge on any atom is -0.495 e. The molecule has 0 saturated heterocycles. The Morgan fingerprint density at radius 2 is 2.08 bits per heavy atom. The van der Waals surface area contributed by atoms with Crippen molar-refractivity contribution in [2.45, 2.75) is 25.2 Å². The van der Waals surface area contributed by atoms with E-state index in [0.29, 0.717) is 29.1 Å². The number of nitrogens with two attached hydrogens (primary N) is 1. The lowest BCUT2D eigenvalue weighted by molar-refractivity contribution is -0.116. The maximum atomic E-state index is 12.8. The van der Waals surface area contributed by atoms with Crippen LogP contribution >= 0.6 is 45.2 Å². The molecule has 1 aliphatic heterocycles. The second-order valence-electron chi connectivity index (χ2n) is 6.05. The van der Waals surface area contributed by atoms with Gasteiger partial charge in [-0.1, -0.05) is 0 Å². The first-order valence-electron chi connectivity index (χ1n) is 7.83. The van der Waals surface area contributed by atoms with E-state index in [9.17, 15) is 10.1 Å². The number of nitrogens with zero attached hydrogens (tertiary/aromatic N) is 2. The van der Waals surface area contributed by atoms with Gasteiger partial charge in [0.1, 0.15) is 11.6 Å². The van der Waals surface area contributed by atoms with Gasteiger partial charge in [0.2, 0.25) is 0 Å². The molecule has 5 nitrogen and oxygen atoms in total. The van der Waals surface area contributed by atoms with Gasteiger partial charge in [-0.15, -0.1) is 0 Å². The highest BCUT2D eigenvalue weighted by Gasteiger charge is 2.40. The van der Waals surface area contributed by atoms with E-state index in [1.807, 2.05) is 19.2 Å². The van der Waals surface area contributed by atoms with Crippen molar-refractivity contribution in [2.24, 2.45) is 5.73 Å². The number of hydrogen-bond acceptors (Lipinski definition) is 5. The number of ketones is 1. The van der Waals surface area contributed by atoms with Crippen LogP contribution < -0.4 is 10.5 Å². The van der Waals surface area contributed by atoms with Crippen LogP contribution in [-0.4, -0.2) is 24.8 Å². The van der Waals surface area contributed by atoms with Gasteiger partial charge in [-0.3, -0.25) is 4.79 Å². The summed E-state index contributed by atoms with van der Waals surface area (Å²) in [4.78, 5) is 14.6. The highest BCUT2D eigenvalue weighted by molar-refractivity contribution is 14.1. The Morgan fingerprint density at radius 3 is 2.72 bits per heavy atom. The molecular weight excluding hydrogens is 544 g/mol. The third-order valence-corrected chi connectivity index (χ3v) is 6.15. The Labute approximate surface area is 174 Å². The summed E-state index contributed by atoms with van der Waals surface area (Å²) < 4.78 is 7.60. The maximum Gasteiger partial charge on any atom is 0.161 e. The van der Waals surface area contributed by atoms with Crippen molar-refractivity contribution in [3.63, 3.8) is 0 Å². The molecule has 2 aliphatic rings. The largest absolute Gasteiger partial charge is 0.495 e. The molecule has 0 radical (unpaired) electrons. The number of carbonyl (C=O) groups is 1. The van der Waals surface area contributed by atoms with Crippen molar-refractivity contribution in [1.82, 2.24) is 4.90 Å². The second-order valence-corrected chi connectivity index (χ2v) is 8.46. The summed E-state index contributed by atoms with van der Waals surface area (Å²) in [6.45, 7) is 0. The summed E-state index contributed by atoms with van der Waals surface area (Å²) in [6.07, 6.45) is 2.10. The topological polar surface area (TPSA) is 79.3 Å². The number of carbonyl (C=O) groups excluding carboxylic acids is 1.